The Balaban J connectivity index is 1.23. The highest BCUT2D eigenvalue weighted by Crippen LogP contribution is 2.37. The van der Waals surface area contributed by atoms with Crippen molar-refractivity contribution in [2.75, 3.05) is 19.6 Å². The van der Waals surface area contributed by atoms with E-state index in [9.17, 15) is 0 Å². The fourth-order valence-electron chi connectivity index (χ4n) is 7.67. The Labute approximate surface area is 371 Å². The summed E-state index contributed by atoms with van der Waals surface area (Å²) in [6.45, 7) is 2.25. The van der Waals surface area contributed by atoms with Gasteiger partial charge in [-0.25, -0.2) is 9.98 Å². The van der Waals surface area contributed by atoms with E-state index in [1.807, 2.05) is 36.4 Å². The van der Waals surface area contributed by atoms with Gasteiger partial charge in [0.2, 0.25) is 11.9 Å². The van der Waals surface area contributed by atoms with E-state index in [2.05, 4.69) is 245 Å². The predicted octanol–water partition coefficient (Wildman–Crippen LogP) is 15.2. The van der Waals surface area contributed by atoms with E-state index in [0.717, 1.165) is 69.3 Å². The third kappa shape index (κ3) is 9.41. The van der Waals surface area contributed by atoms with E-state index in [4.69, 9.17) is 9.98 Å². The van der Waals surface area contributed by atoms with Crippen molar-refractivity contribution in [2.45, 2.75) is 13.3 Å². The summed E-state index contributed by atoms with van der Waals surface area (Å²) in [4.78, 5) is 20.1. The number of hydrogen-bond donors (Lipinski definition) is 0. The van der Waals surface area contributed by atoms with Crippen molar-refractivity contribution in [3.8, 4) is 0 Å². The smallest absolute Gasteiger partial charge is 0.220 e. The lowest BCUT2D eigenvalue weighted by molar-refractivity contribution is 0.729. The van der Waals surface area contributed by atoms with Crippen LogP contribution >= 0.6 is 0 Å². The normalized spacial score (nSPS) is 13.4. The molecule has 1 aliphatic carbocycles. The molecule has 6 heteroatoms. The second-order valence-corrected chi connectivity index (χ2v) is 15.2. The average Bonchev–Trinajstić information content (AvgIpc) is 3.35. The van der Waals surface area contributed by atoms with Crippen LogP contribution in [0.3, 0.4) is 0 Å². The first-order valence-electron chi connectivity index (χ1n) is 21.4. The Morgan fingerprint density at radius 2 is 0.603 bits per heavy atom. The molecule has 0 amide bonds. The summed E-state index contributed by atoms with van der Waals surface area (Å²) in [5.41, 5.74) is 9.53. The monoisotopic (exact) mass is 816 g/mol. The Morgan fingerprint density at radius 1 is 0.349 bits per heavy atom. The van der Waals surface area contributed by atoms with Gasteiger partial charge in [-0.05, 0) is 128 Å². The standard InChI is InChI=1S/C57H48N6/c1-45-37-43-55(44-38-45)63(54-35-21-8-22-36-54)57(62(52-31-17-6-18-32-52)53-33-19-7-20-34-53)59-47-41-39-46(40-42-47)58-56(60(48-23-9-2-10-24-48)49-25-11-3-12-26-49)61(50-27-13-4-14-28-50)51-29-15-5-16-30-51/h2-37,39-45H,38H2,1H3. The lowest BCUT2D eigenvalue weighted by atomic mass is 10.0. The Bertz CT molecular complexity index is 2590. The first-order valence-corrected chi connectivity index (χ1v) is 21.4. The van der Waals surface area contributed by atoms with Crippen LogP contribution in [-0.4, -0.2) is 11.9 Å². The highest BCUT2D eigenvalue weighted by Gasteiger charge is 2.28. The van der Waals surface area contributed by atoms with Crippen LogP contribution in [0.5, 0.6) is 0 Å². The molecule has 0 aromatic heterocycles. The Hall–Kier alpha value is -8.22. The van der Waals surface area contributed by atoms with Crippen LogP contribution in [-0.2, 0) is 0 Å². The molecule has 63 heavy (non-hydrogen) atoms. The maximum absolute atomic E-state index is 5.59. The summed E-state index contributed by atoms with van der Waals surface area (Å²) in [5, 5.41) is 0. The van der Waals surface area contributed by atoms with E-state index >= 15 is 0 Å². The summed E-state index contributed by atoms with van der Waals surface area (Å²) in [6.07, 6.45) is 7.75. The van der Waals surface area contributed by atoms with E-state index in [-0.39, 0.29) is 0 Å². The quantitative estimate of drug-likeness (QED) is 0.102. The van der Waals surface area contributed by atoms with Gasteiger partial charge in [-0.3, -0.25) is 19.6 Å². The molecule has 0 spiro atoms. The van der Waals surface area contributed by atoms with Crippen molar-refractivity contribution in [3.05, 3.63) is 261 Å². The zero-order valence-electron chi connectivity index (χ0n) is 35.2. The number of nitrogens with zero attached hydrogens (tertiary/aromatic N) is 6. The fourth-order valence-corrected chi connectivity index (χ4v) is 7.67. The van der Waals surface area contributed by atoms with E-state index < -0.39 is 0 Å². The molecule has 1 unspecified atom stereocenters. The van der Waals surface area contributed by atoms with Crippen molar-refractivity contribution < 1.29 is 0 Å². The molecule has 0 saturated heterocycles. The van der Waals surface area contributed by atoms with Gasteiger partial charge in [0.15, 0.2) is 0 Å². The minimum atomic E-state index is 0.448. The van der Waals surface area contributed by atoms with Crippen LogP contribution < -0.4 is 19.6 Å². The molecule has 0 bridgehead atoms. The number of guanidine groups is 2. The summed E-state index contributed by atoms with van der Waals surface area (Å²) in [5.74, 6) is 1.89. The molecule has 1 atom stereocenters. The van der Waals surface area contributed by atoms with E-state index in [1.165, 1.54) is 0 Å². The number of benzene rings is 8. The molecule has 0 saturated carbocycles. The summed E-state index contributed by atoms with van der Waals surface area (Å²) in [7, 11) is 0. The maximum atomic E-state index is 5.59. The molecular formula is C57H48N6. The SMILES string of the molecule is CC1C=CC(N(C(=Nc2ccc(N=C(N(c3ccccc3)c3ccccc3)N(c3ccccc3)c3ccccc3)cc2)N(c2ccccc2)c2ccccc2)c2ccccc2)=CC1. The number of aliphatic imine (C=N–C) groups is 2. The molecular weight excluding hydrogens is 769 g/mol. The van der Waals surface area contributed by atoms with Gasteiger partial charge >= 0.3 is 0 Å². The summed E-state index contributed by atoms with van der Waals surface area (Å²) >= 11 is 0. The Morgan fingerprint density at radius 3 is 0.857 bits per heavy atom. The largest absolute Gasteiger partial charge is 0.281 e. The van der Waals surface area contributed by atoms with Gasteiger partial charge in [0.1, 0.15) is 0 Å². The summed E-state index contributed by atoms with van der Waals surface area (Å²) in [6, 6.07) is 81.3. The molecule has 0 fully saturated rings. The van der Waals surface area contributed by atoms with Crippen LogP contribution in [0.4, 0.5) is 51.2 Å². The zero-order valence-corrected chi connectivity index (χ0v) is 35.2. The van der Waals surface area contributed by atoms with Crippen LogP contribution in [0.2, 0.25) is 0 Å². The second kappa shape index (κ2) is 19.4. The van der Waals surface area contributed by atoms with Crippen LogP contribution in [0.25, 0.3) is 0 Å². The molecule has 306 valence electrons. The molecule has 9 rings (SSSR count). The molecule has 6 nitrogen and oxygen atoms in total. The van der Waals surface area contributed by atoms with Crippen molar-refractivity contribution >= 4 is 63.1 Å². The first kappa shape index (κ1) is 40.2. The molecule has 0 heterocycles. The van der Waals surface area contributed by atoms with Crippen LogP contribution in [0.15, 0.2) is 270 Å². The van der Waals surface area contributed by atoms with Crippen molar-refractivity contribution in [3.63, 3.8) is 0 Å². The van der Waals surface area contributed by atoms with Gasteiger partial charge in [-0.15, -0.1) is 0 Å². The lowest BCUT2D eigenvalue weighted by Gasteiger charge is -2.36. The molecule has 0 aliphatic heterocycles. The number of anilines is 7. The van der Waals surface area contributed by atoms with Crippen molar-refractivity contribution in [1.29, 1.82) is 0 Å². The van der Waals surface area contributed by atoms with Gasteiger partial charge in [0.25, 0.3) is 0 Å². The minimum absolute atomic E-state index is 0.448. The van der Waals surface area contributed by atoms with Gasteiger partial charge in [0.05, 0.1) is 11.4 Å². The third-order valence-corrected chi connectivity index (χ3v) is 10.8. The van der Waals surface area contributed by atoms with E-state index in [1.54, 1.807) is 0 Å². The van der Waals surface area contributed by atoms with Gasteiger partial charge in [-0.2, -0.15) is 0 Å². The maximum Gasteiger partial charge on any atom is 0.220 e. The Kier molecular flexibility index (Phi) is 12.4. The third-order valence-electron chi connectivity index (χ3n) is 10.8. The van der Waals surface area contributed by atoms with Gasteiger partial charge in [0, 0.05) is 45.5 Å². The minimum Gasteiger partial charge on any atom is -0.281 e. The number of hydrogen-bond acceptors (Lipinski definition) is 2. The van der Waals surface area contributed by atoms with Crippen LogP contribution in [0, 0.1) is 5.92 Å². The number of allylic oxidation sites excluding steroid dienone is 3. The molecule has 0 N–H and O–H groups in total. The highest BCUT2D eigenvalue weighted by atomic mass is 15.4. The number of rotatable bonds is 10. The van der Waals surface area contributed by atoms with Gasteiger partial charge < -0.3 is 0 Å². The van der Waals surface area contributed by atoms with E-state index in [0.29, 0.717) is 11.9 Å². The second-order valence-electron chi connectivity index (χ2n) is 15.2. The van der Waals surface area contributed by atoms with Crippen molar-refractivity contribution in [1.82, 2.24) is 0 Å². The molecule has 8 aromatic rings. The zero-order chi connectivity index (χ0) is 42.6. The predicted molar refractivity (Wildman–Crippen MR) is 266 cm³/mol. The van der Waals surface area contributed by atoms with Crippen LogP contribution in [0.1, 0.15) is 13.3 Å². The molecule has 0 radical (unpaired) electrons. The summed E-state index contributed by atoms with van der Waals surface area (Å²) < 4.78 is 0. The van der Waals surface area contributed by atoms with Gasteiger partial charge in [-0.1, -0.05) is 146 Å². The fraction of sp³-hybridized carbons (Fsp3) is 0.0526. The lowest BCUT2D eigenvalue weighted by Crippen LogP contribution is -2.42. The molecule has 8 aromatic carbocycles. The molecule has 1 aliphatic rings. The number of para-hydroxylation sites is 7. The first-order chi connectivity index (χ1) is 31.2. The average molecular weight is 817 g/mol. The highest BCUT2D eigenvalue weighted by molar-refractivity contribution is 6.17. The topological polar surface area (TPSA) is 37.7 Å². The van der Waals surface area contributed by atoms with Crippen molar-refractivity contribution in [2.24, 2.45) is 15.9 Å².